The first-order valence-corrected chi connectivity index (χ1v) is 34.5. The summed E-state index contributed by atoms with van der Waals surface area (Å²) < 4.78 is 46.9. The maximum atomic E-state index is 13.7. The van der Waals surface area contributed by atoms with Gasteiger partial charge in [-0.25, -0.2) is 0 Å². The fourth-order valence-corrected chi connectivity index (χ4v) is 8.39. The number of hydrogen-bond acceptors (Lipinski definition) is 25. The van der Waals surface area contributed by atoms with Crippen LogP contribution in [0.2, 0.25) is 0 Å². The lowest BCUT2D eigenvalue weighted by atomic mass is 10.0. The van der Waals surface area contributed by atoms with Gasteiger partial charge in [-0.3, -0.25) is 77.9 Å². The number of guanidine groups is 6. The molecule has 10 amide bonds. The average Bonchev–Trinajstić information content (AvgIpc) is 0.861. The van der Waals surface area contributed by atoms with E-state index in [1.807, 2.05) is 0 Å². The van der Waals surface area contributed by atoms with Gasteiger partial charge in [0, 0.05) is 117 Å². The van der Waals surface area contributed by atoms with Gasteiger partial charge in [-0.1, -0.05) is 0 Å². The van der Waals surface area contributed by atoms with E-state index in [0.29, 0.717) is 0 Å². The molecule has 0 saturated carbocycles. The Morgan fingerprint density at radius 2 is 0.439 bits per heavy atom. The van der Waals surface area contributed by atoms with Gasteiger partial charge < -0.3 is 165 Å². The second kappa shape index (κ2) is 62.2. The number of nitrogens with zero attached hydrogens (tertiary/aromatic N) is 6. The predicted octanol–water partition coefficient (Wildman–Crippen LogP) is -13.1. The second-order valence-corrected chi connectivity index (χ2v) is 23.2. The molecule has 0 saturated heterocycles. The molecule has 0 aromatic rings. The van der Waals surface area contributed by atoms with Crippen LogP contribution in [0.1, 0.15) is 64.2 Å². The second-order valence-electron chi connectivity index (χ2n) is 23.2. The Balaban J connectivity index is 5.75. The largest absolute Gasteiger partial charge is 0.379 e. The number of carbonyl (C=O) groups is 10. The van der Waals surface area contributed by atoms with E-state index in [4.69, 9.17) is 107 Å². The predicted molar refractivity (Wildman–Crippen MR) is 395 cm³/mol. The number of amides is 10. The molecule has 107 heavy (non-hydrogen) atoms. The number of carbonyl (C=O) groups excluding carboxylic acids is 10. The Morgan fingerprint density at radius 3 is 0.617 bits per heavy atom. The molecule has 35 N–H and O–H groups in total. The smallest absolute Gasteiger partial charge is 0.222 e. The van der Waals surface area contributed by atoms with Gasteiger partial charge in [0.1, 0.15) is 11.1 Å². The maximum absolute atomic E-state index is 13.7. The van der Waals surface area contributed by atoms with Crippen LogP contribution in [-0.2, 0) is 85.8 Å². The highest BCUT2D eigenvalue weighted by Crippen LogP contribution is 2.13. The molecule has 0 unspecified atom stereocenters. The van der Waals surface area contributed by atoms with Crippen molar-refractivity contribution in [2.75, 3.05) is 204 Å². The number of likely N-dealkylation sites (N-methyl/N-ethyl adjacent to an activating group) is 1. The van der Waals surface area contributed by atoms with Gasteiger partial charge in [-0.05, 0) is 7.05 Å². The van der Waals surface area contributed by atoms with Gasteiger partial charge in [0.2, 0.25) is 59.1 Å². The fraction of sp³-hybridized carbons (Fsp3) is 0.733. The van der Waals surface area contributed by atoms with Crippen LogP contribution in [0.3, 0.4) is 0 Å². The molecule has 0 aromatic heterocycles. The number of aliphatic imine (C=N–C) groups is 6. The summed E-state index contributed by atoms with van der Waals surface area (Å²) in [6, 6.07) is -0.363. The van der Waals surface area contributed by atoms with Crippen LogP contribution in [0.5, 0.6) is 0 Å². The van der Waals surface area contributed by atoms with Gasteiger partial charge in [-0.15, -0.1) is 0 Å². The molecule has 0 aliphatic rings. The van der Waals surface area contributed by atoms with Crippen LogP contribution in [0.4, 0.5) is 0 Å². The van der Waals surface area contributed by atoms with Crippen molar-refractivity contribution in [1.29, 1.82) is 0 Å². The van der Waals surface area contributed by atoms with E-state index < -0.39 is 34.7 Å². The number of hydrogen-bond donors (Lipinski definition) is 23. The number of ether oxygens (including phenoxy) is 8. The summed E-state index contributed by atoms with van der Waals surface area (Å²) in [5.74, 6) is -5.12. The Bertz CT molecular complexity index is 2390. The Hall–Kier alpha value is -10.0. The van der Waals surface area contributed by atoms with Crippen molar-refractivity contribution < 1.29 is 85.8 Å². The fourth-order valence-electron chi connectivity index (χ4n) is 8.39. The van der Waals surface area contributed by atoms with Crippen LogP contribution >= 0.6 is 0 Å². The molecular weight excluding hydrogens is 1410 g/mol. The monoisotopic (exact) mass is 1530 g/mol. The summed E-state index contributed by atoms with van der Waals surface area (Å²) in [6.45, 7) is -0.605. The van der Waals surface area contributed by atoms with Gasteiger partial charge >= 0.3 is 0 Å². The Morgan fingerprint density at radius 1 is 0.262 bits per heavy atom. The summed E-state index contributed by atoms with van der Waals surface area (Å²) in [4.78, 5) is 151. The van der Waals surface area contributed by atoms with Crippen LogP contribution in [-0.4, -0.2) is 316 Å². The van der Waals surface area contributed by atoms with Crippen molar-refractivity contribution in [2.45, 2.75) is 81.3 Å². The van der Waals surface area contributed by atoms with E-state index in [0.717, 1.165) is 0 Å². The van der Waals surface area contributed by atoms with E-state index in [2.05, 4.69) is 88.4 Å². The van der Waals surface area contributed by atoms with Crippen molar-refractivity contribution in [3.8, 4) is 0 Å². The topological polar surface area (TPSA) is 763 Å². The minimum absolute atomic E-state index is 0.0144. The lowest BCUT2D eigenvalue weighted by Gasteiger charge is -2.34. The molecule has 0 aliphatic heterocycles. The third-order valence-electron chi connectivity index (χ3n) is 13.6. The van der Waals surface area contributed by atoms with Crippen LogP contribution in [0, 0.1) is 0 Å². The summed E-state index contributed by atoms with van der Waals surface area (Å²) in [6.07, 6.45) is -1.23. The molecule has 47 heteroatoms. The number of nitrogens with two attached hydrogens (primary N) is 12. The van der Waals surface area contributed by atoms with Crippen molar-refractivity contribution in [1.82, 2.24) is 58.5 Å². The van der Waals surface area contributed by atoms with E-state index >= 15 is 0 Å². The summed E-state index contributed by atoms with van der Waals surface area (Å²) in [5.41, 5.74) is 61.3. The zero-order valence-electron chi connectivity index (χ0n) is 61.3. The molecule has 612 valence electrons. The highest BCUT2D eigenvalue weighted by Gasteiger charge is 2.36. The first kappa shape index (κ1) is 97.0. The zero-order valence-corrected chi connectivity index (χ0v) is 61.3. The minimum atomic E-state index is -1.46. The standard InChI is InChI=1S/C60H119N29O18/c1-73-42(34-100-26-4-43(90)74-12-2-51(98)88-59(36-102-28-6-45(92)76-14-20-82-53(61)62,37-103-29-7-46(93)77-15-21-83-54(63)64)38-104-30-8-47(94)78-16-22-84-55(65)66)35-101-27-5-44(91)75-13-3-52(99)89-60(39-105-31-9-48(95)79-17-23-85-56(67)68,40-106-32-10-49(96)80-18-24-86-57(69)70)41-107-33-11-50(97)81-19-25-87-58(71)72/h42,73H,2-41H2,1H3,(H,74,90)(H,75,91)(H,76,92)(H,77,93)(H,78,94)(H,79,95)(H,80,96)(H,81,97)(H,88,98)(H,89,99)(H4,61,62,82)(H4,63,64,83)(H4,65,66,84)(H4,67,68,85)(H4,69,70,86)(H4,71,72,87). The molecule has 0 radical (unpaired) electrons. The third-order valence-corrected chi connectivity index (χ3v) is 13.6. The van der Waals surface area contributed by atoms with E-state index in [1.54, 1.807) is 7.05 Å². The molecule has 0 heterocycles. The van der Waals surface area contributed by atoms with Crippen molar-refractivity contribution in [3.63, 3.8) is 0 Å². The first-order chi connectivity index (χ1) is 51.1. The van der Waals surface area contributed by atoms with Gasteiger partial charge in [-0.2, -0.15) is 0 Å². The van der Waals surface area contributed by atoms with Crippen molar-refractivity contribution >= 4 is 94.8 Å². The lowest BCUT2D eigenvalue weighted by Crippen LogP contribution is -2.59. The average molecular weight is 1530 g/mol. The molecule has 0 aliphatic carbocycles. The highest BCUT2D eigenvalue weighted by molar-refractivity contribution is 5.82. The molecule has 47 nitrogen and oxygen atoms in total. The summed E-state index contributed by atoms with van der Waals surface area (Å²) in [5, 5.41) is 30.1. The molecule has 0 spiro atoms. The minimum Gasteiger partial charge on any atom is -0.379 e. The van der Waals surface area contributed by atoms with Gasteiger partial charge in [0.15, 0.2) is 35.8 Å². The lowest BCUT2D eigenvalue weighted by molar-refractivity contribution is -0.131. The summed E-state index contributed by atoms with van der Waals surface area (Å²) >= 11 is 0. The van der Waals surface area contributed by atoms with E-state index in [-0.39, 0.29) is 339 Å². The number of nitrogens with one attached hydrogen (secondary N) is 11. The van der Waals surface area contributed by atoms with Gasteiger partial charge in [0.05, 0.1) is 151 Å². The summed E-state index contributed by atoms with van der Waals surface area (Å²) in [7, 11) is 1.67. The van der Waals surface area contributed by atoms with E-state index in [9.17, 15) is 47.9 Å². The van der Waals surface area contributed by atoms with Crippen LogP contribution in [0.15, 0.2) is 30.0 Å². The highest BCUT2D eigenvalue weighted by atomic mass is 16.5. The molecule has 0 rings (SSSR count). The Labute approximate surface area is 621 Å². The number of rotatable bonds is 67. The van der Waals surface area contributed by atoms with Gasteiger partial charge in [0.25, 0.3) is 0 Å². The maximum Gasteiger partial charge on any atom is 0.222 e. The Kier molecular flexibility index (Phi) is 56.4. The zero-order chi connectivity index (χ0) is 79.8. The third kappa shape index (κ3) is 60.9. The van der Waals surface area contributed by atoms with Crippen molar-refractivity contribution in [2.24, 2.45) is 98.8 Å². The normalized spacial score (nSPS) is 11.0. The van der Waals surface area contributed by atoms with Crippen LogP contribution < -0.4 is 127 Å². The van der Waals surface area contributed by atoms with E-state index in [1.165, 1.54) is 0 Å². The molecular formula is C60H119N29O18. The quantitative estimate of drug-likeness (QED) is 0.0153. The molecule has 0 fully saturated rings. The first-order valence-electron chi connectivity index (χ1n) is 34.5. The molecule has 0 bridgehead atoms. The van der Waals surface area contributed by atoms with Crippen LogP contribution in [0.25, 0.3) is 0 Å². The molecule has 0 atom stereocenters. The SMILES string of the molecule is CNC(COCCC(=O)NCCC(=O)NC(COCCC(=O)NCCN=C(N)N)(COCCC(=O)NCCN=C(N)N)COCCC(=O)NCCN=C(N)N)COCCC(=O)NCCC(=O)NC(COCCC(=O)NCCN=C(N)N)(COCCC(=O)NCCN=C(N)N)COCCC(=O)NCCN=C(N)N. The van der Waals surface area contributed by atoms with Crippen molar-refractivity contribution in [3.05, 3.63) is 0 Å². The molecule has 0 aromatic carbocycles.